The number of hydrogen-bond acceptors (Lipinski definition) is 6. The predicted molar refractivity (Wildman–Crippen MR) is 123 cm³/mol. The van der Waals surface area contributed by atoms with Crippen molar-refractivity contribution in [1.82, 2.24) is 24.7 Å². The number of carbonyl (C=O) groups excluding carboxylic acids is 1. The van der Waals surface area contributed by atoms with Crippen molar-refractivity contribution in [3.05, 3.63) is 97.1 Å². The van der Waals surface area contributed by atoms with E-state index >= 15 is 0 Å². The van der Waals surface area contributed by atoms with E-state index in [1.54, 1.807) is 12.3 Å². The molecule has 3 aromatic heterocycles. The minimum Gasteiger partial charge on any atom is -0.326 e. The monoisotopic (exact) mass is 421 g/mol. The van der Waals surface area contributed by atoms with Gasteiger partial charge in [-0.3, -0.25) is 9.36 Å². The number of anilines is 3. The largest absolute Gasteiger partial charge is 0.326 e. The summed E-state index contributed by atoms with van der Waals surface area (Å²) < 4.78 is 1.95. The van der Waals surface area contributed by atoms with Gasteiger partial charge >= 0.3 is 0 Å². The summed E-state index contributed by atoms with van der Waals surface area (Å²) in [7, 11) is 0. The molecule has 0 radical (unpaired) electrons. The Kier molecular flexibility index (Phi) is 5.24. The van der Waals surface area contributed by atoms with E-state index in [0.29, 0.717) is 17.5 Å². The number of hydrogen-bond donors (Lipinski definition) is 2. The third-order valence-electron chi connectivity index (χ3n) is 4.94. The molecule has 8 heteroatoms. The highest BCUT2D eigenvalue weighted by atomic mass is 16.1. The second-order valence-corrected chi connectivity index (χ2v) is 7.13. The third-order valence-corrected chi connectivity index (χ3v) is 4.94. The molecule has 8 nitrogen and oxygen atoms in total. The first-order valence-corrected chi connectivity index (χ1v) is 10.1. The number of carbonyl (C=O) groups is 1. The first-order chi connectivity index (χ1) is 15.8. The molecule has 0 spiro atoms. The van der Waals surface area contributed by atoms with Crippen LogP contribution in [0.15, 0.2) is 91.5 Å². The van der Waals surface area contributed by atoms with E-state index in [0.717, 1.165) is 22.2 Å². The molecule has 0 bridgehead atoms. The van der Waals surface area contributed by atoms with Crippen LogP contribution in [-0.4, -0.2) is 30.6 Å². The van der Waals surface area contributed by atoms with Crippen molar-refractivity contribution in [2.45, 2.75) is 6.42 Å². The molecule has 0 unspecified atom stereocenters. The molecular weight excluding hydrogens is 402 g/mol. The van der Waals surface area contributed by atoms with E-state index in [2.05, 4.69) is 30.8 Å². The summed E-state index contributed by atoms with van der Waals surface area (Å²) in [6, 6.07) is 22.8. The molecule has 0 aliphatic rings. The fourth-order valence-corrected chi connectivity index (χ4v) is 3.50. The zero-order valence-corrected chi connectivity index (χ0v) is 17.0. The van der Waals surface area contributed by atoms with Crippen LogP contribution in [0.2, 0.25) is 0 Å². The summed E-state index contributed by atoms with van der Waals surface area (Å²) in [5.74, 6) is 1.80. The number of benzene rings is 2. The maximum atomic E-state index is 12.6. The van der Waals surface area contributed by atoms with Crippen molar-refractivity contribution in [2.24, 2.45) is 0 Å². The van der Waals surface area contributed by atoms with Gasteiger partial charge in [0.1, 0.15) is 12.1 Å². The average molecular weight is 421 g/mol. The van der Waals surface area contributed by atoms with Gasteiger partial charge in [-0.05, 0) is 42.0 Å². The zero-order chi connectivity index (χ0) is 21.8. The summed E-state index contributed by atoms with van der Waals surface area (Å²) in [4.78, 5) is 20.6. The Morgan fingerprint density at radius 2 is 1.72 bits per heavy atom. The molecule has 156 valence electrons. The molecule has 32 heavy (non-hydrogen) atoms. The van der Waals surface area contributed by atoms with Crippen LogP contribution in [0, 0.1) is 0 Å². The highest BCUT2D eigenvalue weighted by Crippen LogP contribution is 2.25. The molecule has 2 N–H and O–H groups in total. The smallest absolute Gasteiger partial charge is 0.228 e. The lowest BCUT2D eigenvalue weighted by Gasteiger charge is -2.06. The van der Waals surface area contributed by atoms with Gasteiger partial charge in [0.15, 0.2) is 11.6 Å². The van der Waals surface area contributed by atoms with Gasteiger partial charge in [-0.25, -0.2) is 9.97 Å². The van der Waals surface area contributed by atoms with Crippen LogP contribution in [0.5, 0.6) is 0 Å². The highest BCUT2D eigenvalue weighted by molar-refractivity contribution is 5.96. The van der Waals surface area contributed by atoms with Crippen molar-refractivity contribution in [1.29, 1.82) is 0 Å². The minimum absolute atomic E-state index is 0.0745. The van der Waals surface area contributed by atoms with Gasteiger partial charge in [0, 0.05) is 23.5 Å². The molecule has 0 fully saturated rings. The Balaban J connectivity index is 1.40. The Morgan fingerprint density at radius 1 is 0.875 bits per heavy atom. The molecule has 3 heterocycles. The van der Waals surface area contributed by atoms with Gasteiger partial charge in [-0.1, -0.05) is 36.4 Å². The lowest BCUT2D eigenvalue weighted by atomic mass is 10.1. The molecular formula is C24H19N7O. The quantitative estimate of drug-likeness (QED) is 0.428. The number of aromatic nitrogens is 5. The van der Waals surface area contributed by atoms with Gasteiger partial charge in [-0.2, -0.15) is 0 Å². The average Bonchev–Trinajstić information content (AvgIpc) is 3.19. The SMILES string of the molecule is O=C(Cc1cn(-c2ccc(Nc3ccncn3)nn2)c2ccccc12)Nc1ccccc1. The van der Waals surface area contributed by atoms with E-state index in [9.17, 15) is 4.79 Å². The zero-order valence-electron chi connectivity index (χ0n) is 17.0. The van der Waals surface area contributed by atoms with E-state index < -0.39 is 0 Å². The number of para-hydroxylation sites is 2. The van der Waals surface area contributed by atoms with Crippen LogP contribution in [0.4, 0.5) is 17.3 Å². The second-order valence-electron chi connectivity index (χ2n) is 7.13. The minimum atomic E-state index is -0.0745. The molecule has 0 saturated heterocycles. The van der Waals surface area contributed by atoms with Crippen LogP contribution in [0.1, 0.15) is 5.56 Å². The maximum absolute atomic E-state index is 12.6. The van der Waals surface area contributed by atoms with Crippen LogP contribution >= 0.6 is 0 Å². The van der Waals surface area contributed by atoms with Gasteiger partial charge in [0.05, 0.1) is 11.9 Å². The molecule has 0 saturated carbocycles. The van der Waals surface area contributed by atoms with Gasteiger partial charge in [0.25, 0.3) is 0 Å². The van der Waals surface area contributed by atoms with Crippen LogP contribution in [0.3, 0.4) is 0 Å². The maximum Gasteiger partial charge on any atom is 0.228 e. The Bertz CT molecular complexity index is 1350. The number of rotatable bonds is 6. The van der Waals surface area contributed by atoms with Crippen molar-refractivity contribution in [3.63, 3.8) is 0 Å². The van der Waals surface area contributed by atoms with E-state index in [-0.39, 0.29) is 12.3 Å². The summed E-state index contributed by atoms with van der Waals surface area (Å²) in [5.41, 5.74) is 2.65. The normalized spacial score (nSPS) is 10.8. The highest BCUT2D eigenvalue weighted by Gasteiger charge is 2.14. The summed E-state index contributed by atoms with van der Waals surface area (Å²) in [5, 5.41) is 15.7. The summed E-state index contributed by atoms with van der Waals surface area (Å²) in [6.45, 7) is 0. The van der Waals surface area contributed by atoms with Crippen LogP contribution < -0.4 is 10.6 Å². The van der Waals surface area contributed by atoms with Crippen molar-refractivity contribution in [2.75, 3.05) is 10.6 Å². The third kappa shape index (κ3) is 4.15. The van der Waals surface area contributed by atoms with Gasteiger partial charge < -0.3 is 10.6 Å². The van der Waals surface area contributed by atoms with E-state index in [1.165, 1.54) is 6.33 Å². The number of fused-ring (bicyclic) bond motifs is 1. The van der Waals surface area contributed by atoms with Crippen molar-refractivity contribution >= 4 is 34.1 Å². The number of nitrogens with one attached hydrogen (secondary N) is 2. The molecule has 2 aromatic carbocycles. The van der Waals surface area contributed by atoms with Crippen LogP contribution in [0.25, 0.3) is 16.7 Å². The first kappa shape index (κ1) is 19.4. The fourth-order valence-electron chi connectivity index (χ4n) is 3.50. The Morgan fingerprint density at radius 3 is 2.50 bits per heavy atom. The number of nitrogens with zero attached hydrogens (tertiary/aromatic N) is 5. The van der Waals surface area contributed by atoms with Gasteiger partial charge in [-0.15, -0.1) is 10.2 Å². The molecule has 0 aliphatic carbocycles. The molecule has 0 atom stereocenters. The summed E-state index contributed by atoms with van der Waals surface area (Å²) in [6.07, 6.45) is 5.31. The Hall–Kier alpha value is -4.59. The lowest BCUT2D eigenvalue weighted by molar-refractivity contribution is -0.115. The Labute approximate surface area is 184 Å². The van der Waals surface area contributed by atoms with Gasteiger partial charge in [0.2, 0.25) is 5.91 Å². The fraction of sp³-hybridized carbons (Fsp3) is 0.0417. The predicted octanol–water partition coefficient (Wildman–Crippen LogP) is 4.14. The molecule has 0 aliphatic heterocycles. The topological polar surface area (TPSA) is 97.6 Å². The lowest BCUT2D eigenvalue weighted by Crippen LogP contribution is -2.14. The van der Waals surface area contributed by atoms with Crippen molar-refractivity contribution < 1.29 is 4.79 Å². The molecule has 1 amide bonds. The first-order valence-electron chi connectivity index (χ1n) is 10.1. The van der Waals surface area contributed by atoms with E-state index in [4.69, 9.17) is 0 Å². The van der Waals surface area contributed by atoms with E-state index in [1.807, 2.05) is 77.5 Å². The number of amides is 1. The summed E-state index contributed by atoms with van der Waals surface area (Å²) >= 11 is 0. The second kappa shape index (κ2) is 8.65. The molecule has 5 aromatic rings. The molecule has 5 rings (SSSR count). The standard InChI is InChI=1S/C24H19N7O/c32-24(27-18-6-2-1-3-7-18)14-17-15-31(20-9-5-4-8-19(17)20)23-11-10-22(29-30-23)28-21-12-13-25-16-26-21/h1-13,15-16H,14H2,(H,27,32)(H,25,26,28,29). The van der Waals surface area contributed by atoms with Crippen molar-refractivity contribution in [3.8, 4) is 5.82 Å². The van der Waals surface area contributed by atoms with Crippen LogP contribution in [-0.2, 0) is 11.2 Å².